The number of hydrazone groups is 1. The van der Waals surface area contributed by atoms with E-state index in [-0.39, 0.29) is 29.8 Å². The number of hydrogen-bond acceptors (Lipinski definition) is 3. The average molecular weight is 429 g/mol. The number of nitrogens with zero attached hydrogens (tertiary/aromatic N) is 3. The second kappa shape index (κ2) is 7.33. The molecular formula is C26H28N4O2. The number of piperazine rings is 1. The number of nitrogens with one attached hydrogen (secondary N) is 1. The molecule has 2 aliphatic rings. The van der Waals surface area contributed by atoms with E-state index in [1.807, 2.05) is 37.3 Å². The van der Waals surface area contributed by atoms with Gasteiger partial charge in [-0.1, -0.05) is 63.2 Å². The van der Waals surface area contributed by atoms with E-state index in [9.17, 15) is 9.59 Å². The van der Waals surface area contributed by atoms with Crippen LogP contribution in [0.5, 0.6) is 0 Å². The van der Waals surface area contributed by atoms with Crippen LogP contribution in [0, 0.1) is 0 Å². The van der Waals surface area contributed by atoms with Crippen LogP contribution in [0.2, 0.25) is 0 Å². The van der Waals surface area contributed by atoms with Crippen LogP contribution >= 0.6 is 0 Å². The summed E-state index contributed by atoms with van der Waals surface area (Å²) in [5, 5.41) is 6.85. The quantitative estimate of drug-likeness (QED) is 0.623. The summed E-state index contributed by atoms with van der Waals surface area (Å²) in [5.74, 6) is -0.207. The third kappa shape index (κ3) is 3.30. The predicted molar refractivity (Wildman–Crippen MR) is 126 cm³/mol. The zero-order chi connectivity index (χ0) is 22.6. The van der Waals surface area contributed by atoms with Gasteiger partial charge in [-0.25, -0.2) is 5.01 Å². The molecule has 3 aromatic rings. The highest BCUT2D eigenvalue weighted by Crippen LogP contribution is 2.38. The van der Waals surface area contributed by atoms with Crippen molar-refractivity contribution in [3.63, 3.8) is 0 Å². The molecule has 6 nitrogen and oxygen atoms in total. The van der Waals surface area contributed by atoms with Gasteiger partial charge in [-0.15, -0.1) is 0 Å². The molecule has 0 spiro atoms. The largest absolute Gasteiger partial charge is 0.356 e. The molecule has 6 heteroatoms. The van der Waals surface area contributed by atoms with Crippen molar-refractivity contribution < 1.29 is 9.59 Å². The maximum Gasteiger partial charge on any atom is 0.266 e. The number of carbonyl (C=O) groups excluding carboxylic acids is 2. The number of rotatable bonds is 2. The monoisotopic (exact) mass is 428 g/mol. The van der Waals surface area contributed by atoms with Crippen LogP contribution in [0.3, 0.4) is 0 Å². The molecule has 0 bridgehead atoms. The lowest BCUT2D eigenvalue weighted by Gasteiger charge is -2.44. The molecular weight excluding hydrogens is 400 g/mol. The van der Waals surface area contributed by atoms with Gasteiger partial charge in [0.2, 0.25) is 5.91 Å². The summed E-state index contributed by atoms with van der Waals surface area (Å²) in [6.45, 7) is 8.46. The Morgan fingerprint density at radius 2 is 1.78 bits per heavy atom. The van der Waals surface area contributed by atoms with Gasteiger partial charge < -0.3 is 9.88 Å². The summed E-state index contributed by atoms with van der Waals surface area (Å²) < 4.78 is 0. The van der Waals surface area contributed by atoms with Gasteiger partial charge in [0.25, 0.3) is 5.91 Å². The van der Waals surface area contributed by atoms with Crippen molar-refractivity contribution in [2.45, 2.75) is 51.6 Å². The lowest BCUT2D eigenvalue weighted by molar-refractivity contribution is -0.159. The van der Waals surface area contributed by atoms with Crippen molar-refractivity contribution >= 4 is 28.9 Å². The molecule has 164 valence electrons. The standard InChI is InChI=1S/C26H28N4O2/c1-16-24-20(19-7-5-6-8-21(19)28-24)13-22-25(32)29(15-23(31)30(16)22)27-14-17-9-11-18(12-10-17)26(2,3)4/h5-12,14,16,22,28H,13,15H2,1-4H3/b27-14+/t16-,22-/m0/s1. The van der Waals surface area contributed by atoms with E-state index >= 15 is 0 Å². The lowest BCUT2D eigenvalue weighted by Crippen LogP contribution is -2.61. The normalized spacial score (nSPS) is 21.4. The summed E-state index contributed by atoms with van der Waals surface area (Å²) in [7, 11) is 0. The summed E-state index contributed by atoms with van der Waals surface area (Å²) in [6, 6.07) is 15.5. The number of benzene rings is 2. The Balaban J connectivity index is 1.41. The number of aromatic amines is 1. The van der Waals surface area contributed by atoms with Crippen molar-refractivity contribution in [3.05, 3.63) is 70.9 Å². The number of carbonyl (C=O) groups is 2. The van der Waals surface area contributed by atoms with E-state index in [0.717, 1.165) is 27.7 Å². The molecule has 3 heterocycles. The van der Waals surface area contributed by atoms with Gasteiger partial charge >= 0.3 is 0 Å². The Labute approximate surface area is 187 Å². The number of para-hydroxylation sites is 1. The molecule has 0 unspecified atom stereocenters. The van der Waals surface area contributed by atoms with E-state index < -0.39 is 6.04 Å². The van der Waals surface area contributed by atoms with E-state index in [0.29, 0.717) is 6.42 Å². The van der Waals surface area contributed by atoms with Gasteiger partial charge in [0, 0.05) is 23.0 Å². The first kappa shape index (κ1) is 20.5. The number of fused-ring (bicyclic) bond motifs is 4. The molecule has 32 heavy (non-hydrogen) atoms. The molecule has 1 saturated heterocycles. The maximum atomic E-state index is 13.3. The molecule has 0 aliphatic carbocycles. The van der Waals surface area contributed by atoms with Gasteiger partial charge in [0.1, 0.15) is 12.6 Å². The van der Waals surface area contributed by atoms with E-state index in [1.54, 1.807) is 11.1 Å². The summed E-state index contributed by atoms with van der Waals surface area (Å²) >= 11 is 0. The Hall–Kier alpha value is -3.41. The van der Waals surface area contributed by atoms with Crippen molar-refractivity contribution in [1.82, 2.24) is 14.9 Å². The Bertz CT molecular complexity index is 1230. The second-order valence-electron chi connectivity index (χ2n) is 9.77. The molecule has 2 aromatic carbocycles. The molecule has 5 rings (SSSR count). The average Bonchev–Trinajstić information content (AvgIpc) is 3.14. The van der Waals surface area contributed by atoms with Gasteiger partial charge in [-0.05, 0) is 35.1 Å². The third-order valence-electron chi connectivity index (χ3n) is 6.65. The van der Waals surface area contributed by atoms with Crippen LogP contribution in [-0.4, -0.2) is 45.5 Å². The Kier molecular flexibility index (Phi) is 4.69. The minimum absolute atomic E-state index is 0.0359. The molecule has 1 N–H and O–H groups in total. The highest BCUT2D eigenvalue weighted by atomic mass is 16.2. The van der Waals surface area contributed by atoms with E-state index in [4.69, 9.17) is 0 Å². The summed E-state index contributed by atoms with van der Waals surface area (Å²) in [5.41, 5.74) is 5.40. The van der Waals surface area contributed by atoms with E-state index in [1.165, 1.54) is 10.6 Å². The fraction of sp³-hybridized carbons (Fsp3) is 0.346. The van der Waals surface area contributed by atoms with Crippen molar-refractivity contribution in [3.8, 4) is 0 Å². The van der Waals surface area contributed by atoms with Crippen molar-refractivity contribution in [2.75, 3.05) is 6.54 Å². The smallest absolute Gasteiger partial charge is 0.266 e. The molecule has 1 aromatic heterocycles. The topological polar surface area (TPSA) is 68.8 Å². The van der Waals surface area contributed by atoms with Crippen molar-refractivity contribution in [1.29, 1.82) is 0 Å². The lowest BCUT2D eigenvalue weighted by atomic mass is 9.87. The van der Waals surface area contributed by atoms with Crippen LogP contribution in [-0.2, 0) is 21.4 Å². The maximum absolute atomic E-state index is 13.3. The zero-order valence-electron chi connectivity index (χ0n) is 18.9. The highest BCUT2D eigenvalue weighted by molar-refractivity contribution is 5.97. The van der Waals surface area contributed by atoms with Crippen LogP contribution in [0.1, 0.15) is 56.1 Å². The SMILES string of the molecule is C[C@H]1c2[nH]c3ccccc3c2C[C@H]2C(=O)N(/N=C/c3ccc(C(C)(C)C)cc3)CC(=O)N21. The minimum Gasteiger partial charge on any atom is -0.356 e. The molecule has 0 radical (unpaired) electrons. The van der Waals surface area contributed by atoms with Gasteiger partial charge in [-0.2, -0.15) is 5.10 Å². The van der Waals surface area contributed by atoms with Crippen LogP contribution in [0.4, 0.5) is 0 Å². The highest BCUT2D eigenvalue weighted by Gasteiger charge is 2.46. The number of amides is 2. The molecule has 1 fully saturated rings. The van der Waals surface area contributed by atoms with Gasteiger partial charge in [0.05, 0.1) is 12.3 Å². The minimum atomic E-state index is -0.529. The van der Waals surface area contributed by atoms with E-state index in [2.05, 4.69) is 49.1 Å². The number of aromatic nitrogens is 1. The molecule has 2 amide bonds. The summed E-state index contributed by atoms with van der Waals surface area (Å²) in [6.07, 6.45) is 2.16. The third-order valence-corrected chi connectivity index (χ3v) is 6.65. The first-order chi connectivity index (χ1) is 15.2. The first-order valence-corrected chi connectivity index (χ1v) is 11.1. The predicted octanol–water partition coefficient (Wildman–Crippen LogP) is 4.16. The molecule has 2 aliphatic heterocycles. The van der Waals surface area contributed by atoms with Crippen molar-refractivity contribution in [2.24, 2.45) is 5.10 Å². The summed E-state index contributed by atoms with van der Waals surface area (Å²) in [4.78, 5) is 31.5. The molecule has 0 saturated carbocycles. The number of H-pyrrole nitrogens is 1. The first-order valence-electron chi connectivity index (χ1n) is 11.1. The van der Waals surface area contributed by atoms with Crippen LogP contribution < -0.4 is 0 Å². The fourth-order valence-electron chi connectivity index (χ4n) is 4.86. The zero-order valence-corrected chi connectivity index (χ0v) is 18.9. The second-order valence-corrected chi connectivity index (χ2v) is 9.77. The van der Waals surface area contributed by atoms with Crippen LogP contribution in [0.25, 0.3) is 10.9 Å². The Morgan fingerprint density at radius 3 is 2.50 bits per heavy atom. The molecule has 2 atom stereocenters. The van der Waals surface area contributed by atoms with Crippen LogP contribution in [0.15, 0.2) is 53.6 Å². The Morgan fingerprint density at radius 1 is 1.06 bits per heavy atom. The fourth-order valence-corrected chi connectivity index (χ4v) is 4.86. The number of hydrogen-bond donors (Lipinski definition) is 1. The van der Waals surface area contributed by atoms with Gasteiger partial charge in [0.15, 0.2) is 0 Å². The van der Waals surface area contributed by atoms with Gasteiger partial charge in [-0.3, -0.25) is 9.59 Å².